The van der Waals surface area contributed by atoms with E-state index in [1.54, 1.807) is 6.20 Å². The quantitative estimate of drug-likeness (QED) is 0.169. The molecular weight excluding hydrogens is 691 g/mol. The molecule has 8 nitrogen and oxygen atoms in total. The van der Waals surface area contributed by atoms with Crippen LogP contribution in [0.25, 0.3) is 107 Å². The van der Waals surface area contributed by atoms with Crippen molar-refractivity contribution in [3.05, 3.63) is 176 Å². The van der Waals surface area contributed by atoms with E-state index in [0.717, 1.165) is 66.2 Å². The highest BCUT2D eigenvalue weighted by Gasteiger charge is 2.21. The van der Waals surface area contributed by atoms with E-state index in [2.05, 4.69) is 71.3 Å². The standard InChI is InChI=1S/C48H29N7O/c1-4-14-30(15-5-1)45-52-46(31-16-6-2-7-17-31)54-48(53-45)38-26-24-33(29-49-38)42-44-43(36-21-11-13-23-41(36)56-44)51-47(50-42)32-25-27-40-37(28-32)35-20-10-12-22-39(35)55(40)34-18-8-3-9-19-34/h1-29H. The maximum atomic E-state index is 6.46. The third-order valence-corrected chi connectivity index (χ3v) is 10.1. The van der Waals surface area contributed by atoms with E-state index in [1.165, 1.54) is 0 Å². The summed E-state index contributed by atoms with van der Waals surface area (Å²) in [5, 5.41) is 3.20. The minimum atomic E-state index is 0.476. The first-order valence-corrected chi connectivity index (χ1v) is 18.4. The zero-order chi connectivity index (χ0) is 37.0. The molecule has 0 amide bonds. The topological polar surface area (TPSA) is 95.4 Å². The van der Waals surface area contributed by atoms with Crippen LogP contribution < -0.4 is 0 Å². The smallest absolute Gasteiger partial charge is 0.182 e. The van der Waals surface area contributed by atoms with Gasteiger partial charge in [-0.2, -0.15) is 0 Å². The maximum absolute atomic E-state index is 6.46. The summed E-state index contributed by atoms with van der Waals surface area (Å²) in [4.78, 5) is 29.8. The van der Waals surface area contributed by atoms with Gasteiger partial charge in [-0.1, -0.05) is 109 Å². The van der Waals surface area contributed by atoms with E-state index < -0.39 is 0 Å². The fraction of sp³-hybridized carbons (Fsp3) is 0. The predicted octanol–water partition coefficient (Wildman–Crippen LogP) is 11.4. The minimum Gasteiger partial charge on any atom is -0.452 e. The largest absolute Gasteiger partial charge is 0.452 e. The number of nitrogens with zero attached hydrogens (tertiary/aromatic N) is 7. The van der Waals surface area contributed by atoms with Gasteiger partial charge in [0.2, 0.25) is 0 Å². The van der Waals surface area contributed by atoms with Gasteiger partial charge >= 0.3 is 0 Å². The molecule has 0 aliphatic rings. The third-order valence-electron chi connectivity index (χ3n) is 10.1. The monoisotopic (exact) mass is 719 g/mol. The minimum absolute atomic E-state index is 0.476. The number of para-hydroxylation sites is 3. The number of hydrogen-bond donors (Lipinski definition) is 0. The molecule has 0 radical (unpaired) electrons. The van der Waals surface area contributed by atoms with Crippen molar-refractivity contribution in [2.75, 3.05) is 0 Å². The van der Waals surface area contributed by atoms with Crippen molar-refractivity contribution >= 4 is 43.9 Å². The summed E-state index contributed by atoms with van der Waals surface area (Å²) in [5.41, 5.74) is 10.2. The van der Waals surface area contributed by atoms with Crippen molar-refractivity contribution in [1.29, 1.82) is 0 Å². The molecule has 0 saturated heterocycles. The van der Waals surface area contributed by atoms with Crippen LogP contribution in [0.5, 0.6) is 0 Å². The summed E-state index contributed by atoms with van der Waals surface area (Å²) in [6.07, 6.45) is 1.80. The van der Waals surface area contributed by atoms with Gasteiger partial charge in [0.1, 0.15) is 22.5 Å². The average Bonchev–Trinajstić information content (AvgIpc) is 3.82. The van der Waals surface area contributed by atoms with Gasteiger partial charge in [0.15, 0.2) is 28.9 Å². The van der Waals surface area contributed by atoms with Gasteiger partial charge < -0.3 is 8.98 Å². The summed E-state index contributed by atoms with van der Waals surface area (Å²) in [6, 6.07) is 57.1. The van der Waals surface area contributed by atoms with Gasteiger partial charge in [-0.3, -0.25) is 4.98 Å². The number of fused-ring (bicyclic) bond motifs is 6. The van der Waals surface area contributed by atoms with E-state index in [-0.39, 0.29) is 0 Å². The van der Waals surface area contributed by atoms with Crippen molar-refractivity contribution in [2.24, 2.45) is 0 Å². The molecule has 262 valence electrons. The second kappa shape index (κ2) is 12.9. The van der Waals surface area contributed by atoms with Crippen molar-refractivity contribution < 1.29 is 4.42 Å². The Morgan fingerprint density at radius 1 is 0.411 bits per heavy atom. The Morgan fingerprint density at radius 2 is 1.00 bits per heavy atom. The average molecular weight is 720 g/mol. The lowest BCUT2D eigenvalue weighted by Gasteiger charge is -2.09. The Labute approximate surface area is 320 Å². The Kier molecular flexibility index (Phi) is 7.31. The molecule has 0 spiro atoms. The second-order valence-corrected chi connectivity index (χ2v) is 13.6. The van der Waals surface area contributed by atoms with E-state index in [1.807, 2.05) is 103 Å². The van der Waals surface area contributed by atoms with Crippen LogP contribution in [0, 0.1) is 0 Å². The molecule has 0 saturated carbocycles. The summed E-state index contributed by atoms with van der Waals surface area (Å²) < 4.78 is 8.77. The predicted molar refractivity (Wildman–Crippen MR) is 222 cm³/mol. The molecule has 6 aromatic carbocycles. The molecule has 5 heterocycles. The Balaban J connectivity index is 1.06. The van der Waals surface area contributed by atoms with Crippen LogP contribution in [-0.2, 0) is 0 Å². The first kappa shape index (κ1) is 31.7. The van der Waals surface area contributed by atoms with Crippen molar-refractivity contribution in [3.63, 3.8) is 0 Å². The number of benzene rings is 6. The molecule has 0 aliphatic carbocycles. The Hall–Kier alpha value is -7.84. The lowest BCUT2D eigenvalue weighted by molar-refractivity contribution is 0.667. The van der Waals surface area contributed by atoms with Gasteiger partial charge in [-0.05, 0) is 60.7 Å². The number of furan rings is 1. The first-order chi connectivity index (χ1) is 27.7. The zero-order valence-corrected chi connectivity index (χ0v) is 29.8. The summed E-state index contributed by atoms with van der Waals surface area (Å²) >= 11 is 0. The molecule has 0 fully saturated rings. The van der Waals surface area contributed by atoms with Gasteiger partial charge in [0.05, 0.1) is 11.0 Å². The molecule has 0 atom stereocenters. The van der Waals surface area contributed by atoms with E-state index in [4.69, 9.17) is 34.3 Å². The normalized spacial score (nSPS) is 11.6. The molecule has 0 aliphatic heterocycles. The summed E-state index contributed by atoms with van der Waals surface area (Å²) in [5.74, 6) is 2.23. The number of aromatic nitrogens is 7. The van der Waals surface area contributed by atoms with Crippen LogP contribution in [-0.4, -0.2) is 34.5 Å². The summed E-state index contributed by atoms with van der Waals surface area (Å²) in [6.45, 7) is 0. The highest BCUT2D eigenvalue weighted by Crippen LogP contribution is 2.38. The van der Waals surface area contributed by atoms with Crippen molar-refractivity contribution in [3.8, 4) is 62.6 Å². The molecular formula is C48H29N7O. The van der Waals surface area contributed by atoms with Gasteiger partial charge in [-0.25, -0.2) is 24.9 Å². The molecule has 11 rings (SSSR count). The Morgan fingerprint density at radius 3 is 1.71 bits per heavy atom. The SMILES string of the molecule is c1ccc(-c2nc(-c3ccccc3)nc(-c3ccc(-c4nc(-c5ccc6c(c5)c5ccccc5n6-c5ccccc5)nc5c4oc4ccccc45)cn3)n2)cc1. The van der Waals surface area contributed by atoms with Crippen molar-refractivity contribution in [1.82, 2.24) is 34.5 Å². The molecule has 0 unspecified atom stereocenters. The third kappa shape index (κ3) is 5.31. The molecule has 0 bridgehead atoms. The van der Waals surface area contributed by atoms with E-state index in [9.17, 15) is 0 Å². The van der Waals surface area contributed by atoms with Gasteiger partial charge in [0.25, 0.3) is 0 Å². The molecule has 8 heteroatoms. The van der Waals surface area contributed by atoms with Crippen LogP contribution in [0.3, 0.4) is 0 Å². The lowest BCUT2D eigenvalue weighted by Crippen LogP contribution is -2.01. The fourth-order valence-corrected chi connectivity index (χ4v) is 7.47. The molecule has 5 aromatic heterocycles. The molecule has 56 heavy (non-hydrogen) atoms. The lowest BCUT2D eigenvalue weighted by atomic mass is 10.1. The molecule has 0 N–H and O–H groups in total. The van der Waals surface area contributed by atoms with E-state index in [0.29, 0.717) is 40.3 Å². The van der Waals surface area contributed by atoms with Crippen LogP contribution in [0.15, 0.2) is 180 Å². The fourth-order valence-electron chi connectivity index (χ4n) is 7.47. The molecule has 11 aromatic rings. The van der Waals surface area contributed by atoms with Crippen LogP contribution in [0.1, 0.15) is 0 Å². The highest BCUT2D eigenvalue weighted by molar-refractivity contribution is 6.11. The first-order valence-electron chi connectivity index (χ1n) is 18.4. The van der Waals surface area contributed by atoms with Crippen LogP contribution in [0.2, 0.25) is 0 Å². The van der Waals surface area contributed by atoms with Gasteiger partial charge in [-0.15, -0.1) is 0 Å². The maximum Gasteiger partial charge on any atom is 0.182 e. The van der Waals surface area contributed by atoms with Crippen molar-refractivity contribution in [2.45, 2.75) is 0 Å². The van der Waals surface area contributed by atoms with Crippen LogP contribution in [0.4, 0.5) is 0 Å². The van der Waals surface area contributed by atoms with E-state index >= 15 is 0 Å². The number of rotatable bonds is 6. The van der Waals surface area contributed by atoms with Crippen LogP contribution >= 0.6 is 0 Å². The zero-order valence-electron chi connectivity index (χ0n) is 29.8. The number of hydrogen-bond acceptors (Lipinski definition) is 7. The number of pyridine rings is 1. The van der Waals surface area contributed by atoms with Gasteiger partial charge in [0, 0.05) is 50.3 Å². The summed E-state index contributed by atoms with van der Waals surface area (Å²) in [7, 11) is 0. The highest BCUT2D eigenvalue weighted by atomic mass is 16.3. The second-order valence-electron chi connectivity index (χ2n) is 13.6. The Bertz CT molecular complexity index is 3170.